The van der Waals surface area contributed by atoms with Crippen molar-refractivity contribution in [2.24, 2.45) is 5.92 Å². The standard InChI is InChI=1S/C62H45N/c1-4-20-44(21-5-1)45-38-40-50(41-39-45)63(51-28-18-26-48(42-51)61(46-22-6-2-7-23-46)57-34-14-10-30-53(57)54-31-11-15-35-58(54)61)52-29-19-27-49(43-52)62(47-24-8-3-9-25-47)59-36-16-12-32-55(59)56-33-13-17-37-60(56)62/h1-43,53,57H. The van der Waals surface area contributed by atoms with E-state index in [1.807, 2.05) is 0 Å². The summed E-state index contributed by atoms with van der Waals surface area (Å²) in [5, 5.41) is 0. The van der Waals surface area contributed by atoms with Gasteiger partial charge in [0.25, 0.3) is 0 Å². The summed E-state index contributed by atoms with van der Waals surface area (Å²) in [5.41, 5.74) is 17.9. The fourth-order valence-electron chi connectivity index (χ4n) is 11.6. The van der Waals surface area contributed by atoms with Crippen LogP contribution in [0, 0.1) is 5.92 Å². The lowest BCUT2D eigenvalue weighted by Crippen LogP contribution is -2.35. The molecule has 1 nitrogen and oxygen atoms in total. The molecule has 3 aliphatic rings. The van der Waals surface area contributed by atoms with Crippen molar-refractivity contribution in [1.82, 2.24) is 0 Å². The lowest BCUT2D eigenvalue weighted by molar-refractivity contribution is 0.457. The van der Waals surface area contributed by atoms with E-state index in [2.05, 4.69) is 266 Å². The van der Waals surface area contributed by atoms with Crippen molar-refractivity contribution < 1.29 is 0 Å². The van der Waals surface area contributed by atoms with E-state index in [4.69, 9.17) is 0 Å². The molecule has 3 aliphatic carbocycles. The van der Waals surface area contributed by atoms with E-state index < -0.39 is 10.8 Å². The summed E-state index contributed by atoms with van der Waals surface area (Å²) in [5.74, 6) is 0.493. The number of rotatable bonds is 8. The quantitative estimate of drug-likeness (QED) is 0.148. The zero-order chi connectivity index (χ0) is 41.8. The molecule has 0 fully saturated rings. The van der Waals surface area contributed by atoms with Gasteiger partial charge in [-0.1, -0.05) is 224 Å². The van der Waals surface area contributed by atoms with Crippen molar-refractivity contribution in [2.75, 3.05) is 4.90 Å². The van der Waals surface area contributed by atoms with Gasteiger partial charge in [-0.05, 0) is 103 Å². The van der Waals surface area contributed by atoms with Crippen molar-refractivity contribution in [3.8, 4) is 22.3 Å². The van der Waals surface area contributed by atoms with Gasteiger partial charge in [-0.25, -0.2) is 0 Å². The number of anilines is 3. The molecule has 9 aromatic rings. The predicted molar refractivity (Wildman–Crippen MR) is 261 cm³/mol. The van der Waals surface area contributed by atoms with Gasteiger partial charge in [0.05, 0.1) is 10.8 Å². The molecule has 63 heavy (non-hydrogen) atoms. The number of hydrogen-bond acceptors (Lipinski definition) is 1. The van der Waals surface area contributed by atoms with Crippen molar-refractivity contribution in [3.63, 3.8) is 0 Å². The highest BCUT2D eigenvalue weighted by Gasteiger charge is 2.53. The Bertz CT molecular complexity index is 3130. The van der Waals surface area contributed by atoms with Crippen LogP contribution in [0.2, 0.25) is 0 Å². The number of benzene rings is 9. The summed E-state index contributed by atoms with van der Waals surface area (Å²) in [4.78, 5) is 2.47. The lowest BCUT2D eigenvalue weighted by Gasteiger charge is -2.39. The molecular weight excluding hydrogens is 759 g/mol. The molecule has 0 saturated carbocycles. The summed E-state index contributed by atoms with van der Waals surface area (Å²) < 4.78 is 0. The second-order valence-corrected chi connectivity index (χ2v) is 17.1. The van der Waals surface area contributed by atoms with Gasteiger partial charge in [-0.2, -0.15) is 0 Å². The Morgan fingerprint density at radius 3 is 1.49 bits per heavy atom. The average Bonchev–Trinajstić information content (AvgIpc) is 3.84. The van der Waals surface area contributed by atoms with Crippen LogP contribution in [0.3, 0.4) is 0 Å². The zero-order valence-corrected chi connectivity index (χ0v) is 34.9. The van der Waals surface area contributed by atoms with Crippen LogP contribution in [0.1, 0.15) is 50.4 Å². The molecular formula is C62H45N. The Balaban J connectivity index is 1.09. The van der Waals surface area contributed by atoms with Crippen LogP contribution in [0.15, 0.2) is 261 Å². The summed E-state index contributed by atoms with van der Waals surface area (Å²) in [7, 11) is 0. The molecule has 0 bridgehead atoms. The predicted octanol–water partition coefficient (Wildman–Crippen LogP) is 15.4. The van der Waals surface area contributed by atoms with Crippen molar-refractivity contribution >= 4 is 17.1 Å². The maximum absolute atomic E-state index is 2.48. The van der Waals surface area contributed by atoms with Crippen LogP contribution in [0.25, 0.3) is 22.3 Å². The van der Waals surface area contributed by atoms with Crippen LogP contribution in [0.4, 0.5) is 17.1 Å². The Morgan fingerprint density at radius 1 is 0.333 bits per heavy atom. The van der Waals surface area contributed by atoms with Gasteiger partial charge in [0, 0.05) is 28.9 Å². The number of nitrogens with zero attached hydrogens (tertiary/aromatic N) is 1. The maximum Gasteiger partial charge on any atom is 0.0714 e. The highest BCUT2D eigenvalue weighted by molar-refractivity contribution is 5.87. The molecule has 12 rings (SSSR count). The van der Waals surface area contributed by atoms with E-state index in [1.54, 1.807) is 0 Å². The summed E-state index contributed by atoms with van der Waals surface area (Å²) >= 11 is 0. The van der Waals surface area contributed by atoms with E-state index in [9.17, 15) is 0 Å². The fraction of sp³-hybridized carbons (Fsp3) is 0.0645. The number of fused-ring (bicyclic) bond motifs is 6. The second-order valence-electron chi connectivity index (χ2n) is 17.1. The third kappa shape index (κ3) is 5.63. The van der Waals surface area contributed by atoms with E-state index >= 15 is 0 Å². The van der Waals surface area contributed by atoms with Gasteiger partial charge in [-0.3, -0.25) is 0 Å². The molecule has 9 aromatic carbocycles. The van der Waals surface area contributed by atoms with Crippen molar-refractivity contribution in [1.29, 1.82) is 0 Å². The first-order valence-corrected chi connectivity index (χ1v) is 22.2. The molecule has 1 heteroatoms. The number of allylic oxidation sites excluding steroid dienone is 4. The highest BCUT2D eigenvalue weighted by atomic mass is 15.1. The Kier molecular flexibility index (Phi) is 8.83. The fourth-order valence-corrected chi connectivity index (χ4v) is 11.6. The summed E-state index contributed by atoms with van der Waals surface area (Å²) in [6.45, 7) is 0. The SMILES string of the molecule is C1=CC2c3ccccc3C(c3ccccc3)(c3cccc(N(c4ccc(-c5ccccc5)cc4)c4cccc(C5(c6ccccc6)c6ccccc6-c6ccccc65)c4)c3)C2C=C1. The van der Waals surface area contributed by atoms with E-state index in [1.165, 1.54) is 66.8 Å². The second kappa shape index (κ2) is 15.0. The van der Waals surface area contributed by atoms with Crippen molar-refractivity contribution in [3.05, 3.63) is 305 Å². The molecule has 0 amide bonds. The third-order valence-corrected chi connectivity index (χ3v) is 14.1. The minimum Gasteiger partial charge on any atom is -0.310 e. The van der Waals surface area contributed by atoms with Gasteiger partial charge in [0.15, 0.2) is 0 Å². The summed E-state index contributed by atoms with van der Waals surface area (Å²) in [6.07, 6.45) is 9.34. The first-order valence-electron chi connectivity index (χ1n) is 22.2. The topological polar surface area (TPSA) is 3.24 Å². The molecule has 0 N–H and O–H groups in total. The first kappa shape index (κ1) is 37.1. The molecule has 0 spiro atoms. The van der Waals surface area contributed by atoms with E-state index in [0.717, 1.165) is 17.1 Å². The van der Waals surface area contributed by atoms with Crippen LogP contribution >= 0.6 is 0 Å². The van der Waals surface area contributed by atoms with Gasteiger partial charge in [0.1, 0.15) is 0 Å². The minimum absolute atomic E-state index is 0.215. The molecule has 0 saturated heterocycles. The van der Waals surface area contributed by atoms with Crippen LogP contribution < -0.4 is 4.90 Å². The average molecular weight is 804 g/mol. The Morgan fingerprint density at radius 2 is 0.825 bits per heavy atom. The van der Waals surface area contributed by atoms with Gasteiger partial charge < -0.3 is 4.90 Å². The van der Waals surface area contributed by atoms with Crippen LogP contribution in [-0.2, 0) is 10.8 Å². The third-order valence-electron chi connectivity index (χ3n) is 14.1. The molecule has 0 aromatic heterocycles. The van der Waals surface area contributed by atoms with E-state index in [-0.39, 0.29) is 11.8 Å². The monoisotopic (exact) mass is 803 g/mol. The van der Waals surface area contributed by atoms with Crippen LogP contribution in [-0.4, -0.2) is 0 Å². The number of hydrogen-bond donors (Lipinski definition) is 0. The smallest absolute Gasteiger partial charge is 0.0714 e. The molecule has 3 atom stereocenters. The Labute approximate surface area is 370 Å². The normalized spacial score (nSPS) is 18.5. The first-order chi connectivity index (χ1) is 31.3. The zero-order valence-electron chi connectivity index (χ0n) is 34.9. The summed E-state index contributed by atoms with van der Waals surface area (Å²) in [6, 6.07) is 88.0. The maximum atomic E-state index is 2.48. The Hall–Kier alpha value is -7.74. The van der Waals surface area contributed by atoms with Gasteiger partial charge in [-0.15, -0.1) is 0 Å². The van der Waals surface area contributed by atoms with E-state index in [0.29, 0.717) is 0 Å². The highest BCUT2D eigenvalue weighted by Crippen LogP contribution is 2.60. The minimum atomic E-state index is -0.518. The largest absolute Gasteiger partial charge is 0.310 e. The molecule has 0 heterocycles. The van der Waals surface area contributed by atoms with Gasteiger partial charge >= 0.3 is 0 Å². The van der Waals surface area contributed by atoms with Crippen molar-refractivity contribution in [2.45, 2.75) is 16.7 Å². The molecule has 298 valence electrons. The lowest BCUT2D eigenvalue weighted by atomic mass is 9.63. The molecule has 3 unspecified atom stereocenters. The van der Waals surface area contributed by atoms with Crippen LogP contribution in [0.5, 0.6) is 0 Å². The molecule has 0 radical (unpaired) electrons. The van der Waals surface area contributed by atoms with Gasteiger partial charge in [0.2, 0.25) is 0 Å². The molecule has 0 aliphatic heterocycles.